The van der Waals surface area contributed by atoms with Crippen molar-refractivity contribution in [1.29, 1.82) is 0 Å². The number of halogens is 1. The third kappa shape index (κ3) is 4.53. The molecule has 0 bridgehead atoms. The van der Waals surface area contributed by atoms with Crippen LogP contribution in [0.3, 0.4) is 0 Å². The van der Waals surface area contributed by atoms with E-state index in [4.69, 9.17) is 4.74 Å². The number of morpholine rings is 1. The summed E-state index contributed by atoms with van der Waals surface area (Å²) in [6.07, 6.45) is 0. The lowest BCUT2D eigenvalue weighted by Gasteiger charge is -2.26. The Hall–Kier alpha value is -1.85. The fourth-order valence-electron chi connectivity index (χ4n) is 2.64. The fourth-order valence-corrected chi connectivity index (χ4v) is 5.22. The van der Waals surface area contributed by atoms with E-state index in [0.29, 0.717) is 13.2 Å². The predicted octanol–water partition coefficient (Wildman–Crippen LogP) is 1.33. The average Bonchev–Trinajstić information content (AvgIpc) is 2.68. The van der Waals surface area contributed by atoms with Crippen LogP contribution in [0.5, 0.6) is 0 Å². The van der Waals surface area contributed by atoms with Crippen molar-refractivity contribution in [3.63, 3.8) is 0 Å². The molecule has 2 aromatic rings. The molecule has 0 radical (unpaired) electrons. The molecule has 1 saturated heterocycles. The predicted molar refractivity (Wildman–Crippen MR) is 96.4 cm³/mol. The maximum atomic E-state index is 13.7. The summed E-state index contributed by atoms with van der Waals surface area (Å²) in [6.45, 7) is 0.772. The van der Waals surface area contributed by atoms with Gasteiger partial charge in [0.05, 0.1) is 23.0 Å². The number of rotatable bonds is 6. The van der Waals surface area contributed by atoms with E-state index >= 15 is 0 Å². The van der Waals surface area contributed by atoms with Gasteiger partial charge in [-0.1, -0.05) is 24.3 Å². The molecule has 1 N–H and O–H groups in total. The number of nitrogens with zero attached hydrogens (tertiary/aromatic N) is 1. The Kier molecular flexibility index (Phi) is 5.92. The third-order valence-corrected chi connectivity index (χ3v) is 7.43. The molecule has 0 atom stereocenters. The Morgan fingerprint density at radius 1 is 0.963 bits per heavy atom. The van der Waals surface area contributed by atoms with Crippen LogP contribution < -0.4 is 4.72 Å². The van der Waals surface area contributed by atoms with E-state index in [2.05, 4.69) is 4.72 Å². The Bertz CT molecular complexity index is 1020. The maximum absolute atomic E-state index is 13.7. The maximum Gasteiger partial charge on any atom is 0.243 e. The molecule has 0 saturated carbocycles. The van der Waals surface area contributed by atoms with Gasteiger partial charge < -0.3 is 4.74 Å². The van der Waals surface area contributed by atoms with Crippen molar-refractivity contribution < 1.29 is 26.0 Å². The van der Waals surface area contributed by atoms with Crippen LogP contribution in [0.25, 0.3) is 0 Å². The van der Waals surface area contributed by atoms with Crippen LogP contribution in [0.2, 0.25) is 0 Å². The molecule has 10 heteroatoms. The Morgan fingerprint density at radius 3 is 2.33 bits per heavy atom. The standard InChI is InChI=1S/C17H19FN2O5S2/c18-17-7-2-1-4-14(17)13-19-26(21,22)15-5-3-6-16(12-15)27(23,24)20-8-10-25-11-9-20/h1-7,12,19H,8-11,13H2. The summed E-state index contributed by atoms with van der Waals surface area (Å²) in [5.74, 6) is -0.524. The first kappa shape index (κ1) is 19.9. The van der Waals surface area contributed by atoms with E-state index in [-0.39, 0.29) is 35.0 Å². The molecule has 0 aliphatic carbocycles. The van der Waals surface area contributed by atoms with Crippen molar-refractivity contribution in [2.45, 2.75) is 16.3 Å². The van der Waals surface area contributed by atoms with Crippen molar-refractivity contribution in [2.75, 3.05) is 26.3 Å². The van der Waals surface area contributed by atoms with E-state index < -0.39 is 25.9 Å². The highest BCUT2D eigenvalue weighted by Gasteiger charge is 2.27. The van der Waals surface area contributed by atoms with Gasteiger partial charge in [0.2, 0.25) is 20.0 Å². The lowest BCUT2D eigenvalue weighted by Crippen LogP contribution is -2.40. The second-order valence-corrected chi connectivity index (χ2v) is 9.61. The second-order valence-electron chi connectivity index (χ2n) is 5.91. The minimum Gasteiger partial charge on any atom is -0.379 e. The first-order chi connectivity index (χ1) is 12.8. The largest absolute Gasteiger partial charge is 0.379 e. The highest BCUT2D eigenvalue weighted by Crippen LogP contribution is 2.21. The Morgan fingerprint density at radius 2 is 1.63 bits per heavy atom. The number of hydrogen-bond donors (Lipinski definition) is 1. The molecule has 0 spiro atoms. The molecule has 1 heterocycles. The van der Waals surface area contributed by atoms with Crippen molar-refractivity contribution >= 4 is 20.0 Å². The first-order valence-corrected chi connectivity index (χ1v) is 11.1. The molecule has 7 nitrogen and oxygen atoms in total. The van der Waals surface area contributed by atoms with Crippen LogP contribution in [-0.4, -0.2) is 47.4 Å². The summed E-state index contributed by atoms with van der Waals surface area (Å²) in [6, 6.07) is 10.9. The van der Waals surface area contributed by atoms with Gasteiger partial charge in [0.15, 0.2) is 0 Å². The number of benzene rings is 2. The van der Waals surface area contributed by atoms with Gasteiger partial charge in [-0.2, -0.15) is 4.31 Å². The van der Waals surface area contributed by atoms with Gasteiger partial charge in [-0.3, -0.25) is 0 Å². The quantitative estimate of drug-likeness (QED) is 0.770. The zero-order chi connectivity index (χ0) is 19.5. The van der Waals surface area contributed by atoms with Gasteiger partial charge in [0, 0.05) is 25.2 Å². The van der Waals surface area contributed by atoms with Gasteiger partial charge in [-0.15, -0.1) is 0 Å². The highest BCUT2D eigenvalue weighted by molar-refractivity contribution is 7.90. The lowest BCUT2D eigenvalue weighted by atomic mass is 10.2. The molecule has 27 heavy (non-hydrogen) atoms. The molecule has 1 aliphatic rings. The summed E-state index contributed by atoms with van der Waals surface area (Å²) < 4.78 is 72.8. The molecule has 1 fully saturated rings. The van der Waals surface area contributed by atoms with Crippen LogP contribution in [0.4, 0.5) is 4.39 Å². The molecule has 0 aromatic heterocycles. The average molecular weight is 414 g/mol. The van der Waals surface area contributed by atoms with Gasteiger partial charge in [-0.05, 0) is 24.3 Å². The fraction of sp³-hybridized carbons (Fsp3) is 0.294. The topological polar surface area (TPSA) is 92.8 Å². The number of ether oxygens (including phenoxy) is 1. The highest BCUT2D eigenvalue weighted by atomic mass is 32.2. The molecule has 0 unspecified atom stereocenters. The Labute approximate surface area is 157 Å². The van der Waals surface area contributed by atoms with E-state index in [9.17, 15) is 21.2 Å². The lowest BCUT2D eigenvalue weighted by molar-refractivity contribution is 0.0730. The smallest absolute Gasteiger partial charge is 0.243 e. The molecule has 0 amide bonds. The van der Waals surface area contributed by atoms with E-state index in [1.54, 1.807) is 6.07 Å². The molecule has 1 aliphatic heterocycles. The number of nitrogens with one attached hydrogen (secondary N) is 1. The summed E-state index contributed by atoms with van der Waals surface area (Å²) in [7, 11) is -7.83. The van der Waals surface area contributed by atoms with Crippen molar-refractivity contribution in [3.8, 4) is 0 Å². The van der Waals surface area contributed by atoms with Crippen LogP contribution >= 0.6 is 0 Å². The molecule has 3 rings (SSSR count). The van der Waals surface area contributed by atoms with Crippen molar-refractivity contribution in [1.82, 2.24) is 9.03 Å². The van der Waals surface area contributed by atoms with Crippen LogP contribution in [0.15, 0.2) is 58.3 Å². The number of hydrogen-bond acceptors (Lipinski definition) is 5. The third-order valence-electron chi connectivity index (χ3n) is 4.13. The van der Waals surface area contributed by atoms with Crippen LogP contribution in [0.1, 0.15) is 5.56 Å². The number of sulfonamides is 2. The summed E-state index contributed by atoms with van der Waals surface area (Å²) in [5.41, 5.74) is 0.193. The van der Waals surface area contributed by atoms with Crippen LogP contribution in [0, 0.1) is 5.82 Å². The molecular formula is C17H19FN2O5S2. The minimum atomic E-state index is -4.01. The van der Waals surface area contributed by atoms with Gasteiger partial charge >= 0.3 is 0 Å². The van der Waals surface area contributed by atoms with Crippen molar-refractivity contribution in [2.24, 2.45) is 0 Å². The second kappa shape index (κ2) is 8.03. The summed E-state index contributed by atoms with van der Waals surface area (Å²) in [4.78, 5) is -0.314. The van der Waals surface area contributed by atoms with Gasteiger partial charge in [0.1, 0.15) is 5.82 Å². The molecular weight excluding hydrogens is 395 g/mol. The van der Waals surface area contributed by atoms with E-state index in [1.165, 1.54) is 40.7 Å². The summed E-state index contributed by atoms with van der Waals surface area (Å²) in [5, 5.41) is 0. The molecule has 146 valence electrons. The van der Waals surface area contributed by atoms with Crippen molar-refractivity contribution in [3.05, 3.63) is 59.9 Å². The molecule has 2 aromatic carbocycles. The van der Waals surface area contributed by atoms with E-state index in [1.807, 2.05) is 0 Å². The van der Waals surface area contributed by atoms with E-state index in [0.717, 1.165) is 6.07 Å². The minimum absolute atomic E-state index is 0.113. The van der Waals surface area contributed by atoms with Gasteiger partial charge in [0.25, 0.3) is 0 Å². The zero-order valence-corrected chi connectivity index (χ0v) is 16.0. The van der Waals surface area contributed by atoms with Gasteiger partial charge in [-0.25, -0.2) is 25.9 Å². The summed E-state index contributed by atoms with van der Waals surface area (Å²) >= 11 is 0. The monoisotopic (exact) mass is 414 g/mol. The van der Waals surface area contributed by atoms with Crippen LogP contribution in [-0.2, 0) is 31.3 Å². The zero-order valence-electron chi connectivity index (χ0n) is 14.3. The Balaban J connectivity index is 1.82. The first-order valence-electron chi connectivity index (χ1n) is 8.22. The normalized spacial score (nSPS) is 16.3. The SMILES string of the molecule is O=S(=O)(NCc1ccccc1F)c1cccc(S(=O)(=O)N2CCOCC2)c1.